The molecule has 0 radical (unpaired) electrons. The number of anilines is 1. The predicted octanol–water partition coefficient (Wildman–Crippen LogP) is 3.53. The normalized spacial score (nSPS) is 16.5. The first-order chi connectivity index (χ1) is 8.95. The minimum Gasteiger partial charge on any atom is -0.348 e. The molecule has 108 valence electrons. The van der Waals surface area contributed by atoms with E-state index in [1.54, 1.807) is 11.3 Å². The molecular weight excluding hydrogens is 254 g/mol. The van der Waals surface area contributed by atoms with Crippen molar-refractivity contribution in [2.75, 3.05) is 18.0 Å². The van der Waals surface area contributed by atoms with Crippen molar-refractivity contribution < 1.29 is 0 Å². The molecule has 0 bridgehead atoms. The predicted molar refractivity (Wildman–Crippen MR) is 83.9 cm³/mol. The first-order valence-corrected chi connectivity index (χ1v) is 8.22. The zero-order chi connectivity index (χ0) is 14.0. The maximum atomic E-state index is 5.89. The van der Waals surface area contributed by atoms with Crippen molar-refractivity contribution >= 4 is 16.5 Å². The number of aromatic nitrogens is 1. The summed E-state index contributed by atoms with van der Waals surface area (Å²) in [5.41, 5.74) is 7.16. The number of nitrogens with zero attached hydrogens (tertiary/aromatic N) is 2. The van der Waals surface area contributed by atoms with Gasteiger partial charge in [0.05, 0.1) is 5.69 Å². The van der Waals surface area contributed by atoms with Crippen molar-refractivity contribution in [3.8, 4) is 0 Å². The van der Waals surface area contributed by atoms with E-state index in [0.717, 1.165) is 19.0 Å². The molecule has 2 rings (SSSR count). The summed E-state index contributed by atoms with van der Waals surface area (Å²) >= 11 is 1.79. The van der Waals surface area contributed by atoms with E-state index in [0.29, 0.717) is 6.54 Å². The van der Waals surface area contributed by atoms with Gasteiger partial charge < -0.3 is 10.6 Å². The van der Waals surface area contributed by atoms with Crippen molar-refractivity contribution in [3.05, 3.63) is 10.6 Å². The summed E-state index contributed by atoms with van der Waals surface area (Å²) in [6, 6.07) is 0. The van der Waals surface area contributed by atoms with E-state index in [1.807, 2.05) is 0 Å². The number of nitrogens with two attached hydrogens (primary N) is 1. The third-order valence-corrected chi connectivity index (χ3v) is 5.08. The van der Waals surface area contributed by atoms with Crippen molar-refractivity contribution in [1.82, 2.24) is 4.98 Å². The van der Waals surface area contributed by atoms with Crippen LogP contribution in [-0.2, 0) is 12.0 Å². The van der Waals surface area contributed by atoms with Crippen LogP contribution in [0.3, 0.4) is 0 Å². The van der Waals surface area contributed by atoms with Crippen LogP contribution in [0, 0.1) is 5.92 Å². The summed E-state index contributed by atoms with van der Waals surface area (Å²) < 4.78 is 0. The molecule has 3 nitrogen and oxygen atoms in total. The quantitative estimate of drug-likeness (QED) is 0.898. The van der Waals surface area contributed by atoms with E-state index < -0.39 is 0 Å². The third-order valence-electron chi connectivity index (χ3n) is 3.94. The average molecular weight is 281 g/mol. The number of thiazole rings is 1. The molecule has 0 unspecified atom stereocenters. The number of hydrogen-bond acceptors (Lipinski definition) is 4. The van der Waals surface area contributed by atoms with Gasteiger partial charge in [-0.05, 0) is 25.7 Å². The SMILES string of the molecule is CCN(CC1CCC1)c1nc(C(C)(C)C)c(CN)s1. The molecule has 4 heteroatoms. The number of hydrogen-bond donors (Lipinski definition) is 1. The molecule has 19 heavy (non-hydrogen) atoms. The molecule has 1 saturated carbocycles. The van der Waals surface area contributed by atoms with Gasteiger partial charge in [-0.1, -0.05) is 27.2 Å². The Morgan fingerprint density at radius 1 is 1.37 bits per heavy atom. The molecule has 1 aliphatic rings. The molecule has 1 aliphatic carbocycles. The summed E-state index contributed by atoms with van der Waals surface area (Å²) in [6.45, 7) is 11.7. The van der Waals surface area contributed by atoms with Crippen molar-refractivity contribution in [1.29, 1.82) is 0 Å². The lowest BCUT2D eigenvalue weighted by molar-refractivity contribution is 0.318. The minimum atomic E-state index is 0.0827. The molecule has 1 fully saturated rings. The van der Waals surface area contributed by atoms with Crippen molar-refractivity contribution in [2.45, 2.75) is 58.9 Å². The maximum Gasteiger partial charge on any atom is 0.185 e. The molecule has 0 aliphatic heterocycles. The lowest BCUT2D eigenvalue weighted by atomic mass is 9.85. The second-order valence-electron chi connectivity index (χ2n) is 6.56. The first-order valence-electron chi connectivity index (χ1n) is 7.41. The summed E-state index contributed by atoms with van der Waals surface area (Å²) in [5.74, 6) is 0.878. The van der Waals surface area contributed by atoms with Crippen molar-refractivity contribution in [2.24, 2.45) is 11.7 Å². The molecule has 1 aromatic heterocycles. The van der Waals surface area contributed by atoms with Crippen LogP contribution in [0.5, 0.6) is 0 Å². The Bertz CT molecular complexity index is 416. The Kier molecular flexibility index (Phi) is 4.51. The molecule has 0 aromatic carbocycles. The van der Waals surface area contributed by atoms with Crippen LogP contribution in [0.1, 0.15) is 57.5 Å². The van der Waals surface area contributed by atoms with Gasteiger partial charge in [-0.15, -0.1) is 11.3 Å². The summed E-state index contributed by atoms with van der Waals surface area (Å²) in [5, 5.41) is 1.17. The average Bonchev–Trinajstić information content (AvgIpc) is 2.71. The van der Waals surface area contributed by atoms with E-state index in [1.165, 1.54) is 35.0 Å². The highest BCUT2D eigenvalue weighted by Gasteiger charge is 2.26. The Balaban J connectivity index is 2.20. The van der Waals surface area contributed by atoms with Crippen LogP contribution in [0.4, 0.5) is 5.13 Å². The largest absolute Gasteiger partial charge is 0.348 e. The zero-order valence-electron chi connectivity index (χ0n) is 12.7. The second kappa shape index (κ2) is 5.80. The Hall–Kier alpha value is -0.610. The molecule has 0 amide bonds. The van der Waals surface area contributed by atoms with Gasteiger partial charge >= 0.3 is 0 Å². The van der Waals surface area contributed by atoms with E-state index in [-0.39, 0.29) is 5.41 Å². The van der Waals surface area contributed by atoms with Gasteiger partial charge in [-0.25, -0.2) is 4.98 Å². The molecule has 2 N–H and O–H groups in total. The van der Waals surface area contributed by atoms with E-state index in [2.05, 4.69) is 32.6 Å². The fraction of sp³-hybridized carbons (Fsp3) is 0.800. The van der Waals surface area contributed by atoms with Gasteiger partial charge in [0.1, 0.15) is 0 Å². The Labute approximate surface area is 121 Å². The fourth-order valence-electron chi connectivity index (χ4n) is 2.53. The maximum absolute atomic E-state index is 5.89. The lowest BCUT2D eigenvalue weighted by Gasteiger charge is -2.31. The lowest BCUT2D eigenvalue weighted by Crippen LogP contribution is -2.32. The van der Waals surface area contributed by atoms with Crippen LogP contribution in [0.15, 0.2) is 0 Å². The van der Waals surface area contributed by atoms with Crippen LogP contribution in [0.25, 0.3) is 0 Å². The molecule has 0 atom stereocenters. The summed E-state index contributed by atoms with van der Waals surface area (Å²) in [4.78, 5) is 8.58. The number of rotatable bonds is 5. The van der Waals surface area contributed by atoms with Gasteiger partial charge in [-0.2, -0.15) is 0 Å². The topological polar surface area (TPSA) is 42.2 Å². The monoisotopic (exact) mass is 281 g/mol. The van der Waals surface area contributed by atoms with Crippen molar-refractivity contribution in [3.63, 3.8) is 0 Å². The molecule has 0 saturated heterocycles. The highest BCUT2D eigenvalue weighted by Crippen LogP contribution is 2.35. The highest BCUT2D eigenvalue weighted by atomic mass is 32.1. The second-order valence-corrected chi connectivity index (χ2v) is 7.62. The van der Waals surface area contributed by atoms with Crippen LogP contribution < -0.4 is 10.6 Å². The van der Waals surface area contributed by atoms with Gasteiger partial charge in [0, 0.05) is 29.9 Å². The smallest absolute Gasteiger partial charge is 0.185 e. The molecular formula is C15H27N3S. The fourth-order valence-corrected chi connectivity index (χ4v) is 3.75. The molecule has 1 aromatic rings. The van der Waals surface area contributed by atoms with Gasteiger partial charge in [0.2, 0.25) is 0 Å². The van der Waals surface area contributed by atoms with E-state index in [4.69, 9.17) is 10.7 Å². The standard InChI is InChI=1S/C15H27N3S/c1-5-18(10-11-7-6-8-11)14-17-13(15(2,3)4)12(9-16)19-14/h11H,5-10,16H2,1-4H3. The first kappa shape index (κ1) is 14.8. The van der Waals surface area contributed by atoms with Crippen LogP contribution >= 0.6 is 11.3 Å². The molecule has 1 heterocycles. The molecule has 0 spiro atoms. The summed E-state index contributed by atoms with van der Waals surface area (Å²) in [7, 11) is 0. The Morgan fingerprint density at radius 2 is 2.05 bits per heavy atom. The highest BCUT2D eigenvalue weighted by molar-refractivity contribution is 7.15. The van der Waals surface area contributed by atoms with E-state index >= 15 is 0 Å². The minimum absolute atomic E-state index is 0.0827. The summed E-state index contributed by atoms with van der Waals surface area (Å²) in [6.07, 6.45) is 4.18. The Morgan fingerprint density at radius 3 is 2.42 bits per heavy atom. The van der Waals surface area contributed by atoms with E-state index in [9.17, 15) is 0 Å². The van der Waals surface area contributed by atoms with Gasteiger partial charge in [0.15, 0.2) is 5.13 Å². The van der Waals surface area contributed by atoms with Gasteiger partial charge in [0.25, 0.3) is 0 Å². The zero-order valence-corrected chi connectivity index (χ0v) is 13.5. The van der Waals surface area contributed by atoms with Crippen LogP contribution in [-0.4, -0.2) is 18.1 Å². The third kappa shape index (κ3) is 3.29. The van der Waals surface area contributed by atoms with Crippen LogP contribution in [0.2, 0.25) is 0 Å². The van der Waals surface area contributed by atoms with Gasteiger partial charge in [-0.3, -0.25) is 0 Å².